The van der Waals surface area contributed by atoms with Crippen LogP contribution >= 0.6 is 0 Å². The van der Waals surface area contributed by atoms with E-state index in [9.17, 15) is 23.2 Å². The summed E-state index contributed by atoms with van der Waals surface area (Å²) in [6.07, 6.45) is 4.41. The van der Waals surface area contributed by atoms with E-state index in [4.69, 9.17) is 0 Å². The minimum Gasteiger partial charge on any atom is -0.348 e. The molecular weight excluding hydrogens is 416 g/mol. The lowest BCUT2D eigenvalue weighted by Crippen LogP contribution is -2.44. The van der Waals surface area contributed by atoms with Crippen molar-refractivity contribution in [2.45, 2.75) is 51.1 Å². The Morgan fingerprint density at radius 3 is 2.59 bits per heavy atom. The van der Waals surface area contributed by atoms with E-state index in [1.54, 1.807) is 0 Å². The fourth-order valence-corrected chi connectivity index (χ4v) is 4.44. The second kappa shape index (κ2) is 8.33. The number of nitrogens with one attached hydrogen (secondary N) is 2. The predicted octanol–water partition coefficient (Wildman–Crippen LogP) is 3.49. The van der Waals surface area contributed by atoms with Crippen LogP contribution in [0.1, 0.15) is 55.0 Å². The molecule has 6 nitrogen and oxygen atoms in total. The third-order valence-electron chi connectivity index (χ3n) is 6.29. The van der Waals surface area contributed by atoms with Crippen molar-refractivity contribution in [1.29, 1.82) is 0 Å². The lowest BCUT2D eigenvalue weighted by molar-refractivity contribution is -0.135. The summed E-state index contributed by atoms with van der Waals surface area (Å²) >= 11 is 0. The number of hydrogen-bond donors (Lipinski definition) is 2. The molecule has 1 aliphatic carbocycles. The zero-order chi connectivity index (χ0) is 23.0. The van der Waals surface area contributed by atoms with Crippen LogP contribution in [0.2, 0.25) is 0 Å². The standard InChI is InChI=1S/C24H25F2N3O3/c1-14(16-8-7-15-5-3-4-6-17(15)11-16)27-21(30)13-29-22(31)24(2,28-23(29)32)19-12-18(25)9-10-20(19)26/h7-12,14H,3-6,13H2,1-2H3,(H,27,30)(H,28,32). The molecule has 0 radical (unpaired) electrons. The van der Waals surface area contributed by atoms with Crippen molar-refractivity contribution in [3.63, 3.8) is 0 Å². The van der Waals surface area contributed by atoms with Gasteiger partial charge in [0.05, 0.1) is 6.04 Å². The number of halogens is 2. The molecule has 168 valence electrons. The molecule has 0 saturated carbocycles. The Balaban J connectivity index is 1.46. The van der Waals surface area contributed by atoms with Crippen LogP contribution in [0.5, 0.6) is 0 Å². The van der Waals surface area contributed by atoms with Crippen LogP contribution in [0.4, 0.5) is 13.6 Å². The first kappa shape index (κ1) is 21.9. The van der Waals surface area contributed by atoms with E-state index < -0.39 is 41.6 Å². The smallest absolute Gasteiger partial charge is 0.325 e. The molecule has 1 fully saturated rings. The molecule has 4 rings (SSSR count). The molecule has 2 aromatic carbocycles. The fourth-order valence-electron chi connectivity index (χ4n) is 4.44. The molecule has 4 amide bonds. The van der Waals surface area contributed by atoms with Crippen molar-refractivity contribution in [3.05, 3.63) is 70.3 Å². The Morgan fingerprint density at radius 2 is 1.84 bits per heavy atom. The molecule has 0 bridgehead atoms. The second-order valence-corrected chi connectivity index (χ2v) is 8.60. The van der Waals surface area contributed by atoms with Gasteiger partial charge < -0.3 is 10.6 Å². The van der Waals surface area contributed by atoms with Gasteiger partial charge in [0.25, 0.3) is 5.91 Å². The third kappa shape index (κ3) is 3.97. The van der Waals surface area contributed by atoms with Gasteiger partial charge in [-0.05, 0) is 74.4 Å². The second-order valence-electron chi connectivity index (χ2n) is 8.60. The third-order valence-corrected chi connectivity index (χ3v) is 6.29. The molecule has 0 spiro atoms. The quantitative estimate of drug-likeness (QED) is 0.698. The number of hydrogen-bond acceptors (Lipinski definition) is 3. The van der Waals surface area contributed by atoms with Crippen molar-refractivity contribution >= 4 is 17.8 Å². The highest BCUT2D eigenvalue weighted by Crippen LogP contribution is 2.31. The van der Waals surface area contributed by atoms with Crippen LogP contribution < -0.4 is 10.6 Å². The predicted molar refractivity (Wildman–Crippen MR) is 114 cm³/mol. The molecule has 2 N–H and O–H groups in total. The van der Waals surface area contributed by atoms with Crippen molar-refractivity contribution in [2.75, 3.05) is 6.54 Å². The van der Waals surface area contributed by atoms with Crippen LogP contribution in [0.3, 0.4) is 0 Å². The Kier molecular flexibility index (Phi) is 5.71. The number of carbonyl (C=O) groups is 3. The van der Waals surface area contributed by atoms with Gasteiger partial charge in [-0.15, -0.1) is 0 Å². The molecular formula is C24H25F2N3O3. The van der Waals surface area contributed by atoms with E-state index >= 15 is 0 Å². The number of benzene rings is 2. The van der Waals surface area contributed by atoms with Gasteiger partial charge in [-0.1, -0.05) is 18.2 Å². The summed E-state index contributed by atoms with van der Waals surface area (Å²) in [6, 6.07) is 7.70. The van der Waals surface area contributed by atoms with Gasteiger partial charge in [0.1, 0.15) is 23.7 Å². The van der Waals surface area contributed by atoms with E-state index in [1.807, 2.05) is 13.0 Å². The van der Waals surface area contributed by atoms with Crippen LogP contribution in [0.25, 0.3) is 0 Å². The molecule has 1 heterocycles. The molecule has 2 aliphatic rings. The number of fused-ring (bicyclic) bond motifs is 1. The van der Waals surface area contributed by atoms with E-state index in [1.165, 1.54) is 24.5 Å². The van der Waals surface area contributed by atoms with Crippen molar-refractivity contribution in [1.82, 2.24) is 15.5 Å². The number of amides is 4. The number of rotatable bonds is 5. The number of aryl methyl sites for hydroxylation is 2. The molecule has 32 heavy (non-hydrogen) atoms. The highest BCUT2D eigenvalue weighted by atomic mass is 19.1. The van der Waals surface area contributed by atoms with E-state index in [0.29, 0.717) is 0 Å². The fraction of sp³-hybridized carbons (Fsp3) is 0.375. The highest BCUT2D eigenvalue weighted by Gasteiger charge is 2.50. The van der Waals surface area contributed by atoms with Crippen LogP contribution in [0, 0.1) is 11.6 Å². The maximum Gasteiger partial charge on any atom is 0.325 e. The maximum absolute atomic E-state index is 14.3. The Labute approximate surface area is 185 Å². The van der Waals surface area contributed by atoms with Crippen molar-refractivity contribution in [3.8, 4) is 0 Å². The molecule has 8 heteroatoms. The van der Waals surface area contributed by atoms with Gasteiger partial charge in [-0.2, -0.15) is 0 Å². The molecule has 1 aliphatic heterocycles. The van der Waals surface area contributed by atoms with Crippen molar-refractivity contribution in [2.24, 2.45) is 0 Å². The summed E-state index contributed by atoms with van der Waals surface area (Å²) in [5, 5.41) is 5.20. The van der Waals surface area contributed by atoms with Gasteiger partial charge in [-0.25, -0.2) is 13.6 Å². The first-order valence-corrected chi connectivity index (χ1v) is 10.7. The number of carbonyl (C=O) groups excluding carboxylic acids is 3. The topological polar surface area (TPSA) is 78.5 Å². The minimum absolute atomic E-state index is 0.291. The van der Waals surface area contributed by atoms with Crippen molar-refractivity contribution < 1.29 is 23.2 Å². The SMILES string of the molecule is CC(NC(=O)CN1C(=O)NC(C)(c2cc(F)ccc2F)C1=O)c1ccc2c(c1)CCCC2. The maximum atomic E-state index is 14.3. The number of urea groups is 1. The Bertz CT molecular complexity index is 1100. The van der Waals surface area contributed by atoms with Gasteiger partial charge in [-0.3, -0.25) is 14.5 Å². The zero-order valence-corrected chi connectivity index (χ0v) is 18.0. The molecule has 2 unspecified atom stereocenters. The normalized spacial score (nSPS) is 21.2. The van der Waals surface area contributed by atoms with Gasteiger partial charge in [0.15, 0.2) is 0 Å². The largest absolute Gasteiger partial charge is 0.348 e. The van der Waals surface area contributed by atoms with Crippen LogP contribution in [-0.4, -0.2) is 29.3 Å². The summed E-state index contributed by atoms with van der Waals surface area (Å²) in [7, 11) is 0. The van der Waals surface area contributed by atoms with Gasteiger partial charge in [0, 0.05) is 5.56 Å². The van der Waals surface area contributed by atoms with Gasteiger partial charge in [0.2, 0.25) is 5.91 Å². The summed E-state index contributed by atoms with van der Waals surface area (Å²) in [6.45, 7) is 2.60. The molecule has 0 aromatic heterocycles. The summed E-state index contributed by atoms with van der Waals surface area (Å²) < 4.78 is 27.9. The summed E-state index contributed by atoms with van der Waals surface area (Å²) in [5.74, 6) is -2.90. The van der Waals surface area contributed by atoms with E-state index in [2.05, 4.69) is 22.8 Å². The minimum atomic E-state index is -1.80. The summed E-state index contributed by atoms with van der Waals surface area (Å²) in [4.78, 5) is 38.7. The average Bonchev–Trinajstić information content (AvgIpc) is 2.98. The number of nitrogens with zero attached hydrogens (tertiary/aromatic N) is 1. The zero-order valence-electron chi connectivity index (χ0n) is 18.0. The first-order chi connectivity index (χ1) is 15.2. The number of imide groups is 1. The van der Waals surface area contributed by atoms with E-state index in [-0.39, 0.29) is 11.6 Å². The lowest BCUT2D eigenvalue weighted by Gasteiger charge is -2.23. The first-order valence-electron chi connectivity index (χ1n) is 10.7. The molecule has 1 saturated heterocycles. The monoisotopic (exact) mass is 441 g/mol. The lowest BCUT2D eigenvalue weighted by atomic mass is 9.89. The molecule has 2 aromatic rings. The highest BCUT2D eigenvalue weighted by molar-refractivity contribution is 6.09. The van der Waals surface area contributed by atoms with E-state index in [0.717, 1.165) is 47.9 Å². The molecule has 2 atom stereocenters. The van der Waals surface area contributed by atoms with Gasteiger partial charge >= 0.3 is 6.03 Å². The van der Waals surface area contributed by atoms with Crippen LogP contribution in [-0.2, 0) is 28.0 Å². The Hall–Kier alpha value is -3.29. The average molecular weight is 441 g/mol. The summed E-state index contributed by atoms with van der Waals surface area (Å²) in [5.41, 5.74) is 1.48. The van der Waals surface area contributed by atoms with Crippen LogP contribution in [0.15, 0.2) is 36.4 Å². The Morgan fingerprint density at radius 1 is 1.12 bits per heavy atom.